The van der Waals surface area contributed by atoms with Crippen LogP contribution in [0.1, 0.15) is 69.5 Å². The Kier molecular flexibility index (Phi) is 7.89. The van der Waals surface area contributed by atoms with E-state index in [1.54, 1.807) is 6.20 Å². The first kappa shape index (κ1) is 19.4. The summed E-state index contributed by atoms with van der Waals surface area (Å²) in [4.78, 5) is 28.5. The Morgan fingerprint density at radius 3 is 2.52 bits per heavy atom. The molecule has 1 aromatic heterocycles. The van der Waals surface area contributed by atoms with Gasteiger partial charge in [0, 0.05) is 43.2 Å². The fourth-order valence-electron chi connectivity index (χ4n) is 3.37. The standard InChI is InChI=1S/C20H31N3O2/c1-15-8-7-13-21-18(15)14-16(2)22-19(24)11-12-20(25)23-17-9-5-3-4-6-10-17/h7-8,13,16-17H,3-6,9-12,14H2,1-2H3,(H,22,24)(H,23,25)/t16-/m1/s1. The van der Waals surface area contributed by atoms with Crippen LogP contribution in [-0.2, 0) is 16.0 Å². The van der Waals surface area contributed by atoms with Gasteiger partial charge in [0.2, 0.25) is 11.8 Å². The van der Waals surface area contributed by atoms with Crippen molar-refractivity contribution in [3.8, 4) is 0 Å². The lowest BCUT2D eigenvalue weighted by atomic mass is 10.1. The monoisotopic (exact) mass is 345 g/mol. The molecule has 0 saturated heterocycles. The highest BCUT2D eigenvalue weighted by Gasteiger charge is 2.16. The van der Waals surface area contributed by atoms with Gasteiger partial charge in [0.25, 0.3) is 0 Å². The van der Waals surface area contributed by atoms with Gasteiger partial charge < -0.3 is 10.6 Å². The molecule has 5 heteroatoms. The molecule has 1 atom stereocenters. The molecule has 0 spiro atoms. The zero-order chi connectivity index (χ0) is 18.1. The molecule has 1 aromatic rings. The summed E-state index contributed by atoms with van der Waals surface area (Å²) in [5.41, 5.74) is 2.13. The number of carbonyl (C=O) groups excluding carboxylic acids is 2. The predicted octanol–water partition coefficient (Wildman–Crippen LogP) is 3.06. The Bertz CT molecular complexity index is 566. The summed E-state index contributed by atoms with van der Waals surface area (Å²) in [5, 5.41) is 6.05. The second kappa shape index (κ2) is 10.2. The number of hydrogen-bond acceptors (Lipinski definition) is 3. The molecule has 0 aromatic carbocycles. The fraction of sp³-hybridized carbons (Fsp3) is 0.650. The minimum absolute atomic E-state index is 0.00438. The van der Waals surface area contributed by atoms with Gasteiger partial charge in [0.15, 0.2) is 0 Å². The summed E-state index contributed by atoms with van der Waals surface area (Å²) in [6.07, 6.45) is 10.0. The van der Waals surface area contributed by atoms with Gasteiger partial charge in [-0.15, -0.1) is 0 Å². The highest BCUT2D eigenvalue weighted by atomic mass is 16.2. The third-order valence-corrected chi connectivity index (χ3v) is 4.82. The molecule has 1 saturated carbocycles. The lowest BCUT2D eigenvalue weighted by Crippen LogP contribution is -2.37. The maximum Gasteiger partial charge on any atom is 0.220 e. The molecule has 1 aliphatic carbocycles. The number of aryl methyl sites for hydroxylation is 1. The summed E-state index contributed by atoms with van der Waals surface area (Å²) >= 11 is 0. The Hall–Kier alpha value is -1.91. The molecule has 0 bridgehead atoms. The third-order valence-electron chi connectivity index (χ3n) is 4.82. The molecule has 1 aliphatic rings. The van der Waals surface area contributed by atoms with Gasteiger partial charge in [-0.05, 0) is 38.3 Å². The van der Waals surface area contributed by atoms with Crippen LogP contribution < -0.4 is 10.6 Å². The van der Waals surface area contributed by atoms with E-state index in [1.807, 2.05) is 26.0 Å². The Balaban J connectivity index is 1.67. The van der Waals surface area contributed by atoms with Crippen molar-refractivity contribution in [2.24, 2.45) is 0 Å². The number of carbonyl (C=O) groups is 2. The molecule has 5 nitrogen and oxygen atoms in total. The van der Waals surface area contributed by atoms with Crippen molar-refractivity contribution in [2.75, 3.05) is 0 Å². The van der Waals surface area contributed by atoms with E-state index in [9.17, 15) is 9.59 Å². The van der Waals surface area contributed by atoms with Crippen molar-refractivity contribution < 1.29 is 9.59 Å². The van der Waals surface area contributed by atoms with Crippen molar-refractivity contribution >= 4 is 11.8 Å². The molecule has 1 fully saturated rings. The molecule has 2 amide bonds. The Morgan fingerprint density at radius 1 is 1.16 bits per heavy atom. The first-order chi connectivity index (χ1) is 12.0. The van der Waals surface area contributed by atoms with E-state index in [0.717, 1.165) is 24.1 Å². The van der Waals surface area contributed by atoms with Crippen LogP contribution in [0.25, 0.3) is 0 Å². The number of rotatable bonds is 7. The number of aromatic nitrogens is 1. The number of amides is 2. The van der Waals surface area contributed by atoms with E-state index in [1.165, 1.54) is 25.7 Å². The second-order valence-corrected chi connectivity index (χ2v) is 7.20. The van der Waals surface area contributed by atoms with Gasteiger partial charge in [0.1, 0.15) is 0 Å². The summed E-state index contributed by atoms with van der Waals surface area (Å²) in [7, 11) is 0. The molecule has 25 heavy (non-hydrogen) atoms. The number of hydrogen-bond donors (Lipinski definition) is 2. The average Bonchev–Trinajstić information content (AvgIpc) is 2.84. The lowest BCUT2D eigenvalue weighted by molar-refractivity contribution is -0.127. The molecular formula is C20H31N3O2. The van der Waals surface area contributed by atoms with Crippen LogP contribution in [0.2, 0.25) is 0 Å². The quantitative estimate of drug-likeness (QED) is 0.746. The second-order valence-electron chi connectivity index (χ2n) is 7.20. The van der Waals surface area contributed by atoms with E-state index in [2.05, 4.69) is 15.6 Å². The topological polar surface area (TPSA) is 71.1 Å². The molecular weight excluding hydrogens is 314 g/mol. The Morgan fingerprint density at radius 2 is 1.84 bits per heavy atom. The van der Waals surface area contributed by atoms with E-state index in [-0.39, 0.29) is 30.7 Å². The van der Waals surface area contributed by atoms with Gasteiger partial charge in [-0.1, -0.05) is 31.7 Å². The normalized spacial score (nSPS) is 16.7. The van der Waals surface area contributed by atoms with Crippen molar-refractivity contribution in [2.45, 2.75) is 83.7 Å². The van der Waals surface area contributed by atoms with Gasteiger partial charge in [-0.25, -0.2) is 0 Å². The van der Waals surface area contributed by atoms with Crippen molar-refractivity contribution in [1.82, 2.24) is 15.6 Å². The van der Waals surface area contributed by atoms with Crippen LogP contribution in [0.15, 0.2) is 18.3 Å². The maximum absolute atomic E-state index is 12.1. The van der Waals surface area contributed by atoms with Crippen LogP contribution in [0.5, 0.6) is 0 Å². The van der Waals surface area contributed by atoms with Crippen molar-refractivity contribution in [3.63, 3.8) is 0 Å². The first-order valence-corrected chi connectivity index (χ1v) is 9.54. The van der Waals surface area contributed by atoms with E-state index in [4.69, 9.17) is 0 Å². The Labute approximate surface area is 151 Å². The molecule has 1 heterocycles. The summed E-state index contributed by atoms with van der Waals surface area (Å²) in [6.45, 7) is 3.99. The first-order valence-electron chi connectivity index (χ1n) is 9.54. The fourth-order valence-corrected chi connectivity index (χ4v) is 3.37. The summed E-state index contributed by atoms with van der Waals surface area (Å²) < 4.78 is 0. The van der Waals surface area contributed by atoms with E-state index >= 15 is 0 Å². The minimum atomic E-state index is -0.0721. The molecule has 0 unspecified atom stereocenters. The van der Waals surface area contributed by atoms with E-state index in [0.29, 0.717) is 12.5 Å². The molecule has 2 N–H and O–H groups in total. The number of pyridine rings is 1. The summed E-state index contributed by atoms with van der Waals surface area (Å²) in [5.74, 6) is -0.0765. The van der Waals surface area contributed by atoms with Crippen molar-refractivity contribution in [1.29, 1.82) is 0 Å². The molecule has 0 radical (unpaired) electrons. The lowest BCUT2D eigenvalue weighted by Gasteiger charge is -2.17. The van der Waals surface area contributed by atoms with Gasteiger partial charge >= 0.3 is 0 Å². The average molecular weight is 345 g/mol. The van der Waals surface area contributed by atoms with Crippen LogP contribution in [0.4, 0.5) is 0 Å². The minimum Gasteiger partial charge on any atom is -0.353 e. The smallest absolute Gasteiger partial charge is 0.220 e. The van der Waals surface area contributed by atoms with Crippen molar-refractivity contribution in [3.05, 3.63) is 29.6 Å². The highest BCUT2D eigenvalue weighted by molar-refractivity contribution is 5.83. The van der Waals surface area contributed by atoms with Gasteiger partial charge in [0.05, 0.1) is 0 Å². The van der Waals surface area contributed by atoms with Crippen LogP contribution in [0, 0.1) is 6.92 Å². The SMILES string of the molecule is Cc1cccnc1C[C@@H](C)NC(=O)CCC(=O)NC1CCCCCC1. The molecule has 0 aliphatic heterocycles. The zero-order valence-corrected chi connectivity index (χ0v) is 15.5. The highest BCUT2D eigenvalue weighted by Crippen LogP contribution is 2.17. The molecule has 138 valence electrons. The third kappa shape index (κ3) is 7.24. The maximum atomic E-state index is 12.1. The van der Waals surface area contributed by atoms with Gasteiger partial charge in [-0.3, -0.25) is 14.6 Å². The van der Waals surface area contributed by atoms with Crippen LogP contribution in [0.3, 0.4) is 0 Å². The summed E-state index contributed by atoms with van der Waals surface area (Å²) in [6, 6.07) is 4.24. The predicted molar refractivity (Wildman–Crippen MR) is 99.1 cm³/mol. The van der Waals surface area contributed by atoms with Crippen LogP contribution >= 0.6 is 0 Å². The number of nitrogens with zero attached hydrogens (tertiary/aromatic N) is 1. The van der Waals surface area contributed by atoms with E-state index < -0.39 is 0 Å². The number of nitrogens with one attached hydrogen (secondary N) is 2. The zero-order valence-electron chi connectivity index (χ0n) is 15.5. The largest absolute Gasteiger partial charge is 0.353 e. The van der Waals surface area contributed by atoms with Crippen LogP contribution in [-0.4, -0.2) is 28.9 Å². The molecule has 2 rings (SSSR count). The van der Waals surface area contributed by atoms with Gasteiger partial charge in [-0.2, -0.15) is 0 Å².